The van der Waals surface area contributed by atoms with Crippen LogP contribution in [0.3, 0.4) is 0 Å². The molecule has 0 aromatic heterocycles. The van der Waals surface area contributed by atoms with Crippen LogP contribution in [0.25, 0.3) is 0 Å². The van der Waals surface area contributed by atoms with Crippen LogP contribution < -0.4 is 4.74 Å². The Morgan fingerprint density at radius 1 is 1.21 bits per heavy atom. The van der Waals surface area contributed by atoms with Crippen LogP contribution in [0, 0.1) is 12.7 Å². The zero-order valence-corrected chi connectivity index (χ0v) is 11.2. The van der Waals surface area contributed by atoms with Crippen molar-refractivity contribution in [2.24, 2.45) is 0 Å². The molecule has 0 radical (unpaired) electrons. The molecule has 0 aliphatic heterocycles. The number of aliphatic hydroxyl groups is 1. The lowest BCUT2D eigenvalue weighted by atomic mass is 10.1. The fourth-order valence-electron chi connectivity index (χ4n) is 1.83. The maximum Gasteiger partial charge on any atom is 0.128 e. The molecular weight excluding hydrogens is 267 g/mol. The van der Waals surface area contributed by atoms with Crippen molar-refractivity contribution in [2.45, 2.75) is 20.1 Å². The first-order chi connectivity index (χ1) is 9.11. The second kappa shape index (κ2) is 6.04. The zero-order valence-electron chi connectivity index (χ0n) is 10.5. The minimum atomic E-state index is -0.374. The molecule has 19 heavy (non-hydrogen) atoms. The van der Waals surface area contributed by atoms with Gasteiger partial charge in [-0.1, -0.05) is 35.9 Å². The van der Waals surface area contributed by atoms with Crippen molar-refractivity contribution < 1.29 is 14.2 Å². The Hall–Kier alpha value is -1.58. The van der Waals surface area contributed by atoms with E-state index in [-0.39, 0.29) is 19.0 Å². The van der Waals surface area contributed by atoms with Gasteiger partial charge in [-0.3, -0.25) is 0 Å². The lowest BCUT2D eigenvalue weighted by molar-refractivity contribution is 0.258. The molecule has 1 N–H and O–H groups in total. The summed E-state index contributed by atoms with van der Waals surface area (Å²) in [7, 11) is 0. The molecule has 2 nitrogen and oxygen atoms in total. The fourth-order valence-corrected chi connectivity index (χ4v) is 2.05. The van der Waals surface area contributed by atoms with E-state index < -0.39 is 0 Å². The van der Waals surface area contributed by atoms with E-state index in [1.54, 1.807) is 12.1 Å². The average Bonchev–Trinajstić information content (AvgIpc) is 2.39. The van der Waals surface area contributed by atoms with Crippen molar-refractivity contribution in [1.29, 1.82) is 0 Å². The van der Waals surface area contributed by atoms with Gasteiger partial charge in [0.25, 0.3) is 0 Å². The first-order valence-electron chi connectivity index (χ1n) is 5.88. The summed E-state index contributed by atoms with van der Waals surface area (Å²) in [5, 5.41) is 9.61. The van der Waals surface area contributed by atoms with Crippen LogP contribution in [-0.4, -0.2) is 5.11 Å². The summed E-state index contributed by atoms with van der Waals surface area (Å²) >= 11 is 5.94. The summed E-state index contributed by atoms with van der Waals surface area (Å²) in [5.74, 6) is 0.270. The number of hydrogen-bond donors (Lipinski definition) is 1. The Labute approximate surface area is 116 Å². The summed E-state index contributed by atoms with van der Waals surface area (Å²) in [6, 6.07) is 9.75. The van der Waals surface area contributed by atoms with Gasteiger partial charge in [0.05, 0.1) is 11.6 Å². The Morgan fingerprint density at radius 2 is 2.00 bits per heavy atom. The number of aryl methyl sites for hydroxylation is 1. The molecule has 2 aromatic rings. The minimum Gasteiger partial charge on any atom is -0.488 e. The molecule has 0 heterocycles. The van der Waals surface area contributed by atoms with Gasteiger partial charge in [-0.05, 0) is 24.6 Å². The van der Waals surface area contributed by atoms with Crippen LogP contribution in [0.5, 0.6) is 5.75 Å². The van der Waals surface area contributed by atoms with Gasteiger partial charge in [-0.2, -0.15) is 0 Å². The molecule has 0 amide bonds. The molecule has 0 aliphatic carbocycles. The molecule has 4 heteroatoms. The second-order valence-electron chi connectivity index (χ2n) is 4.25. The van der Waals surface area contributed by atoms with Crippen molar-refractivity contribution in [2.75, 3.05) is 0 Å². The third-order valence-electron chi connectivity index (χ3n) is 2.85. The van der Waals surface area contributed by atoms with Crippen LogP contribution >= 0.6 is 11.6 Å². The first-order valence-corrected chi connectivity index (χ1v) is 6.25. The molecule has 0 unspecified atom stereocenters. The van der Waals surface area contributed by atoms with Crippen molar-refractivity contribution in [1.82, 2.24) is 0 Å². The van der Waals surface area contributed by atoms with Gasteiger partial charge in [-0.15, -0.1) is 0 Å². The van der Waals surface area contributed by atoms with E-state index in [1.165, 1.54) is 12.1 Å². The molecule has 2 aromatic carbocycles. The minimum absolute atomic E-state index is 0.0891. The van der Waals surface area contributed by atoms with Crippen molar-refractivity contribution in [3.05, 3.63) is 63.9 Å². The third-order valence-corrected chi connectivity index (χ3v) is 3.20. The van der Waals surface area contributed by atoms with Gasteiger partial charge in [0, 0.05) is 11.1 Å². The first kappa shape index (κ1) is 13.8. The van der Waals surface area contributed by atoms with E-state index in [2.05, 4.69) is 0 Å². The lowest BCUT2D eigenvalue weighted by Crippen LogP contribution is -2.01. The molecule has 100 valence electrons. The molecular formula is C15H14ClFO2. The SMILES string of the molecule is Cc1cccc(CO)c1OCc1ccc(F)cc1Cl. The van der Waals surface area contributed by atoms with Crippen molar-refractivity contribution in [3.63, 3.8) is 0 Å². The fraction of sp³-hybridized carbons (Fsp3) is 0.200. The van der Waals surface area contributed by atoms with Gasteiger partial charge in [0.2, 0.25) is 0 Å². The van der Waals surface area contributed by atoms with E-state index in [0.29, 0.717) is 16.3 Å². The van der Waals surface area contributed by atoms with Crippen molar-refractivity contribution >= 4 is 11.6 Å². The smallest absolute Gasteiger partial charge is 0.128 e. The highest BCUT2D eigenvalue weighted by molar-refractivity contribution is 6.31. The second-order valence-corrected chi connectivity index (χ2v) is 4.65. The number of halogens is 2. The number of hydrogen-bond acceptors (Lipinski definition) is 2. The number of benzene rings is 2. The van der Waals surface area contributed by atoms with E-state index >= 15 is 0 Å². The highest BCUT2D eigenvalue weighted by Gasteiger charge is 2.08. The lowest BCUT2D eigenvalue weighted by Gasteiger charge is -2.13. The normalized spacial score (nSPS) is 10.5. The van der Waals surface area contributed by atoms with Gasteiger partial charge >= 0.3 is 0 Å². The summed E-state index contributed by atoms with van der Waals surface area (Å²) in [5.41, 5.74) is 2.36. The Bertz CT molecular complexity index is 584. The van der Waals surface area contributed by atoms with Crippen LogP contribution in [0.15, 0.2) is 36.4 Å². The van der Waals surface area contributed by atoms with E-state index in [0.717, 1.165) is 11.1 Å². The number of rotatable bonds is 4. The van der Waals surface area contributed by atoms with Crippen LogP contribution in [0.1, 0.15) is 16.7 Å². The largest absolute Gasteiger partial charge is 0.488 e. The summed E-state index contributed by atoms with van der Waals surface area (Å²) < 4.78 is 18.6. The monoisotopic (exact) mass is 280 g/mol. The highest BCUT2D eigenvalue weighted by Crippen LogP contribution is 2.26. The quantitative estimate of drug-likeness (QED) is 0.921. The number of para-hydroxylation sites is 1. The van der Waals surface area contributed by atoms with Gasteiger partial charge in [-0.25, -0.2) is 4.39 Å². The molecule has 0 saturated heterocycles. The molecule has 0 atom stereocenters. The van der Waals surface area contributed by atoms with Crippen molar-refractivity contribution in [3.8, 4) is 5.75 Å². The van der Waals surface area contributed by atoms with Crippen LogP contribution in [0.2, 0.25) is 5.02 Å². The predicted octanol–water partition coefficient (Wildman–Crippen LogP) is 3.86. The summed E-state index contributed by atoms with van der Waals surface area (Å²) in [4.78, 5) is 0. The molecule has 0 spiro atoms. The predicted molar refractivity (Wildman–Crippen MR) is 72.8 cm³/mol. The van der Waals surface area contributed by atoms with E-state index in [9.17, 15) is 9.50 Å². The maximum absolute atomic E-state index is 12.9. The zero-order chi connectivity index (χ0) is 13.8. The van der Waals surface area contributed by atoms with Gasteiger partial charge in [0.1, 0.15) is 18.2 Å². The molecule has 0 aliphatic rings. The van der Waals surface area contributed by atoms with Gasteiger partial charge in [0.15, 0.2) is 0 Å². The molecule has 0 fully saturated rings. The third kappa shape index (κ3) is 3.25. The highest BCUT2D eigenvalue weighted by atomic mass is 35.5. The van der Waals surface area contributed by atoms with Crippen LogP contribution in [0.4, 0.5) is 4.39 Å². The molecule has 2 rings (SSSR count). The Morgan fingerprint density at radius 3 is 2.68 bits per heavy atom. The summed E-state index contributed by atoms with van der Waals surface area (Å²) in [6.45, 7) is 2.05. The Balaban J connectivity index is 2.19. The average molecular weight is 281 g/mol. The number of ether oxygens (including phenoxy) is 1. The van der Waals surface area contributed by atoms with Gasteiger partial charge < -0.3 is 9.84 Å². The molecule has 0 saturated carbocycles. The molecule has 0 bridgehead atoms. The summed E-state index contributed by atoms with van der Waals surface area (Å²) in [6.07, 6.45) is 0. The maximum atomic E-state index is 12.9. The van der Waals surface area contributed by atoms with E-state index in [4.69, 9.17) is 16.3 Å². The van der Waals surface area contributed by atoms with Crippen LogP contribution in [-0.2, 0) is 13.2 Å². The number of aliphatic hydroxyl groups excluding tert-OH is 1. The standard InChI is InChI=1S/C15H14ClFO2/c1-10-3-2-4-11(8-18)15(10)19-9-12-5-6-13(17)7-14(12)16/h2-7,18H,8-9H2,1H3. The topological polar surface area (TPSA) is 29.5 Å². The van der Waals surface area contributed by atoms with E-state index in [1.807, 2.05) is 19.1 Å². The Kier molecular flexibility index (Phi) is 4.40.